The van der Waals surface area contributed by atoms with Crippen LogP contribution in [-0.2, 0) is 15.8 Å². The molecule has 2 aliphatic rings. The minimum absolute atomic E-state index is 0.118. The first-order valence-electron chi connectivity index (χ1n) is 11.8. The molecule has 0 spiro atoms. The van der Waals surface area contributed by atoms with E-state index in [2.05, 4.69) is 15.3 Å². The molecule has 2 aliphatic heterocycles. The Labute approximate surface area is 211 Å². The molecule has 8 nitrogen and oxygen atoms in total. The van der Waals surface area contributed by atoms with Crippen molar-refractivity contribution in [1.29, 1.82) is 0 Å². The molecule has 2 amide bonds. The minimum Gasteiger partial charge on any atom is -0.489 e. The van der Waals surface area contributed by atoms with Gasteiger partial charge in [0.1, 0.15) is 17.9 Å². The number of benzene rings is 1. The number of amides is 2. The van der Waals surface area contributed by atoms with Crippen molar-refractivity contribution in [3.8, 4) is 5.75 Å². The fraction of sp³-hybridized carbons (Fsp3) is 0.500. The highest BCUT2D eigenvalue weighted by molar-refractivity contribution is 6.32. The van der Waals surface area contributed by atoms with Crippen LogP contribution in [0.25, 0.3) is 0 Å². The van der Waals surface area contributed by atoms with E-state index >= 15 is 0 Å². The van der Waals surface area contributed by atoms with Crippen molar-refractivity contribution < 1.29 is 27.5 Å². The second-order valence-corrected chi connectivity index (χ2v) is 9.34. The number of piperidine rings is 2. The van der Waals surface area contributed by atoms with E-state index in [-0.39, 0.29) is 23.9 Å². The number of ether oxygens (including phenoxy) is 1. The first kappa shape index (κ1) is 26.0. The first-order valence-corrected chi connectivity index (χ1v) is 12.2. The van der Waals surface area contributed by atoms with Crippen LogP contribution in [0.15, 0.2) is 30.6 Å². The van der Waals surface area contributed by atoms with Crippen molar-refractivity contribution in [2.45, 2.75) is 57.3 Å². The first-order chi connectivity index (χ1) is 17.1. The number of nitrogens with zero attached hydrogens (tertiary/aromatic N) is 4. The van der Waals surface area contributed by atoms with Gasteiger partial charge in [0, 0.05) is 57.5 Å². The maximum Gasteiger partial charge on any atom is 0.419 e. The Bertz CT molecular complexity index is 1090. The average Bonchev–Trinajstić information content (AvgIpc) is 2.85. The molecule has 3 heterocycles. The number of anilines is 2. The third kappa shape index (κ3) is 6.18. The monoisotopic (exact) mass is 525 g/mol. The summed E-state index contributed by atoms with van der Waals surface area (Å²) in [4.78, 5) is 35.7. The van der Waals surface area contributed by atoms with Crippen LogP contribution in [0, 0.1) is 0 Å². The van der Waals surface area contributed by atoms with Crippen molar-refractivity contribution >= 4 is 35.1 Å². The van der Waals surface area contributed by atoms with E-state index in [0.717, 1.165) is 25.2 Å². The highest BCUT2D eigenvalue weighted by atomic mass is 35.5. The summed E-state index contributed by atoms with van der Waals surface area (Å²) in [5.41, 5.74) is -0.366. The molecule has 0 bridgehead atoms. The molecule has 1 N–H and O–H groups in total. The molecular formula is C24H27ClF3N5O3. The van der Waals surface area contributed by atoms with Crippen molar-refractivity contribution in [2.24, 2.45) is 0 Å². The number of halogens is 4. The van der Waals surface area contributed by atoms with E-state index in [1.807, 2.05) is 4.90 Å². The van der Waals surface area contributed by atoms with Crippen LogP contribution < -0.4 is 15.0 Å². The maximum atomic E-state index is 12.8. The van der Waals surface area contributed by atoms with E-state index in [1.165, 1.54) is 6.92 Å². The standard InChI is InChI=1S/C24H27ClF3N5O3/c1-15(34)33-9-3-2-4-20(33)22(35)31-17-5-6-21(19(25)12-17)36-18-7-10-32(11-8-18)23-29-13-16(14-30-23)24(26,27)28/h5-6,12-14,18,20H,2-4,7-11H2,1H3,(H,31,35). The highest BCUT2D eigenvalue weighted by Gasteiger charge is 2.32. The van der Waals surface area contributed by atoms with E-state index in [9.17, 15) is 22.8 Å². The molecule has 1 unspecified atom stereocenters. The Morgan fingerprint density at radius 3 is 2.39 bits per heavy atom. The van der Waals surface area contributed by atoms with Crippen LogP contribution in [0.3, 0.4) is 0 Å². The zero-order valence-electron chi connectivity index (χ0n) is 19.7. The summed E-state index contributed by atoms with van der Waals surface area (Å²) in [7, 11) is 0. The molecule has 1 atom stereocenters. The van der Waals surface area contributed by atoms with Gasteiger partial charge in [-0.1, -0.05) is 11.6 Å². The molecule has 0 saturated carbocycles. The van der Waals surface area contributed by atoms with E-state index in [4.69, 9.17) is 16.3 Å². The second kappa shape index (κ2) is 10.9. The van der Waals surface area contributed by atoms with Gasteiger partial charge in [0.15, 0.2) is 0 Å². The van der Waals surface area contributed by atoms with Gasteiger partial charge in [-0.15, -0.1) is 0 Å². The van der Waals surface area contributed by atoms with Gasteiger partial charge >= 0.3 is 6.18 Å². The number of aromatic nitrogens is 2. The van der Waals surface area contributed by atoms with Gasteiger partial charge in [0.05, 0.1) is 10.6 Å². The Balaban J connectivity index is 1.31. The van der Waals surface area contributed by atoms with Gasteiger partial charge in [-0.2, -0.15) is 13.2 Å². The molecule has 12 heteroatoms. The Kier molecular flexibility index (Phi) is 7.87. The number of rotatable bonds is 5. The van der Waals surface area contributed by atoms with Crippen LogP contribution in [0.1, 0.15) is 44.6 Å². The van der Waals surface area contributed by atoms with Crippen LogP contribution >= 0.6 is 11.6 Å². The summed E-state index contributed by atoms with van der Waals surface area (Å²) in [6, 6.07) is 4.50. The number of nitrogens with one attached hydrogen (secondary N) is 1. The Morgan fingerprint density at radius 2 is 1.78 bits per heavy atom. The lowest BCUT2D eigenvalue weighted by Gasteiger charge is -2.34. The van der Waals surface area contributed by atoms with Crippen molar-refractivity contribution in [1.82, 2.24) is 14.9 Å². The van der Waals surface area contributed by atoms with Crippen LogP contribution in [0.4, 0.5) is 24.8 Å². The summed E-state index contributed by atoms with van der Waals surface area (Å²) < 4.78 is 44.2. The Hall–Kier alpha value is -3.08. The maximum absolute atomic E-state index is 12.8. The van der Waals surface area contributed by atoms with E-state index in [0.29, 0.717) is 55.4 Å². The second-order valence-electron chi connectivity index (χ2n) is 8.93. The summed E-state index contributed by atoms with van der Waals surface area (Å²) in [5.74, 6) is 0.364. The fourth-order valence-electron chi connectivity index (χ4n) is 4.46. The number of hydrogen-bond donors (Lipinski definition) is 1. The summed E-state index contributed by atoms with van der Waals surface area (Å²) in [6.07, 6.45) is 0.590. The lowest BCUT2D eigenvalue weighted by molar-refractivity contribution is -0.138. The molecule has 2 fully saturated rings. The molecule has 0 radical (unpaired) electrons. The molecule has 2 saturated heterocycles. The molecule has 2 aromatic rings. The number of carbonyl (C=O) groups excluding carboxylic acids is 2. The highest BCUT2D eigenvalue weighted by Crippen LogP contribution is 2.32. The van der Waals surface area contributed by atoms with Gasteiger partial charge in [0.2, 0.25) is 17.8 Å². The van der Waals surface area contributed by atoms with E-state index < -0.39 is 17.8 Å². The summed E-state index contributed by atoms with van der Waals surface area (Å²) >= 11 is 6.41. The summed E-state index contributed by atoms with van der Waals surface area (Å²) in [6.45, 7) is 3.09. The number of hydrogen-bond acceptors (Lipinski definition) is 6. The predicted molar refractivity (Wildman–Crippen MR) is 128 cm³/mol. The topological polar surface area (TPSA) is 87.7 Å². The fourth-order valence-corrected chi connectivity index (χ4v) is 4.69. The van der Waals surface area contributed by atoms with Crippen molar-refractivity contribution in [3.63, 3.8) is 0 Å². The number of alkyl halides is 3. The molecule has 0 aliphatic carbocycles. The van der Waals surface area contributed by atoms with Crippen LogP contribution in [0.5, 0.6) is 5.75 Å². The van der Waals surface area contributed by atoms with Crippen molar-refractivity contribution in [2.75, 3.05) is 29.9 Å². The van der Waals surface area contributed by atoms with Crippen LogP contribution in [0.2, 0.25) is 5.02 Å². The summed E-state index contributed by atoms with van der Waals surface area (Å²) in [5, 5.41) is 3.18. The van der Waals surface area contributed by atoms with Gasteiger partial charge < -0.3 is 19.9 Å². The average molecular weight is 526 g/mol. The Morgan fingerprint density at radius 1 is 1.08 bits per heavy atom. The zero-order valence-corrected chi connectivity index (χ0v) is 20.5. The van der Waals surface area contributed by atoms with E-state index in [1.54, 1.807) is 23.1 Å². The quantitative estimate of drug-likeness (QED) is 0.617. The van der Waals surface area contributed by atoms with Gasteiger partial charge in [0.25, 0.3) is 0 Å². The minimum atomic E-state index is -4.47. The molecular weight excluding hydrogens is 499 g/mol. The third-order valence-corrected chi connectivity index (χ3v) is 6.69. The molecule has 194 valence electrons. The lowest BCUT2D eigenvalue weighted by atomic mass is 10.0. The van der Waals surface area contributed by atoms with Gasteiger partial charge in [-0.3, -0.25) is 9.59 Å². The van der Waals surface area contributed by atoms with Gasteiger partial charge in [-0.25, -0.2) is 9.97 Å². The molecule has 4 rings (SSSR count). The van der Waals surface area contributed by atoms with Crippen LogP contribution in [-0.4, -0.2) is 58.5 Å². The third-order valence-electron chi connectivity index (χ3n) is 6.39. The lowest BCUT2D eigenvalue weighted by Crippen LogP contribution is -2.49. The van der Waals surface area contributed by atoms with Crippen molar-refractivity contribution in [3.05, 3.63) is 41.2 Å². The SMILES string of the molecule is CC(=O)N1CCCCC1C(=O)Nc1ccc(OC2CCN(c3ncc(C(F)(F)F)cn3)CC2)c(Cl)c1. The predicted octanol–water partition coefficient (Wildman–Crippen LogP) is 4.54. The normalized spacial score (nSPS) is 19.2. The van der Waals surface area contributed by atoms with Gasteiger partial charge in [-0.05, 0) is 37.5 Å². The molecule has 1 aromatic carbocycles. The number of carbonyl (C=O) groups is 2. The smallest absolute Gasteiger partial charge is 0.419 e. The largest absolute Gasteiger partial charge is 0.489 e. The number of likely N-dealkylation sites (tertiary alicyclic amines) is 1. The zero-order chi connectivity index (χ0) is 25.9. The molecule has 1 aromatic heterocycles. The molecule has 36 heavy (non-hydrogen) atoms.